The number of unbranched alkanes of at least 4 members (excludes halogenated alkanes) is 4. The van der Waals surface area contributed by atoms with E-state index in [2.05, 4.69) is 32.5 Å². The number of allylic oxidation sites excluding steroid dienone is 1. The average molecular weight is 228 g/mol. The molecular weight excluding hydrogens is 200 g/mol. The lowest BCUT2D eigenvalue weighted by Gasteiger charge is -2.22. The van der Waals surface area contributed by atoms with E-state index in [1.165, 1.54) is 44.2 Å². The smallest absolute Gasteiger partial charge is 0.215 e. The summed E-state index contributed by atoms with van der Waals surface area (Å²) < 4.78 is 5.72. The maximum atomic E-state index is 5.72. The van der Waals surface area contributed by atoms with Crippen LogP contribution in [0.25, 0.3) is 0 Å². The van der Waals surface area contributed by atoms with Gasteiger partial charge in [-0.1, -0.05) is 51.8 Å². The van der Waals surface area contributed by atoms with Crippen LogP contribution >= 0.6 is 0 Å². The lowest BCUT2D eigenvalue weighted by molar-refractivity contribution is 0.404. The molecular formula is C13H28OSi. The van der Waals surface area contributed by atoms with Crippen LogP contribution in [0.1, 0.15) is 52.9 Å². The van der Waals surface area contributed by atoms with E-state index in [1.54, 1.807) is 0 Å². The summed E-state index contributed by atoms with van der Waals surface area (Å²) in [6.07, 6.45) is 9.01. The van der Waals surface area contributed by atoms with Gasteiger partial charge < -0.3 is 4.43 Å². The van der Waals surface area contributed by atoms with Crippen LogP contribution in [0.5, 0.6) is 0 Å². The Morgan fingerprint density at radius 1 is 1.00 bits per heavy atom. The first-order valence-electron chi connectivity index (χ1n) is 6.47. The zero-order valence-corrected chi connectivity index (χ0v) is 12.0. The quantitative estimate of drug-likeness (QED) is 0.411. The summed E-state index contributed by atoms with van der Waals surface area (Å²) in [5.74, 6) is 0. The van der Waals surface area contributed by atoms with Crippen molar-refractivity contribution in [1.29, 1.82) is 0 Å². The molecule has 0 N–H and O–H groups in total. The van der Waals surface area contributed by atoms with E-state index in [1.807, 2.05) is 7.11 Å². The first-order chi connectivity index (χ1) is 7.24. The Balaban J connectivity index is 3.80. The van der Waals surface area contributed by atoms with E-state index in [4.69, 9.17) is 4.43 Å². The summed E-state index contributed by atoms with van der Waals surface area (Å²) in [6, 6.07) is 2.40. The van der Waals surface area contributed by atoms with E-state index in [0.29, 0.717) is 0 Å². The molecule has 0 spiro atoms. The third-order valence-corrected chi connectivity index (χ3v) is 7.30. The second kappa shape index (κ2) is 9.17. The third kappa shape index (κ3) is 6.16. The van der Waals surface area contributed by atoms with E-state index in [0.717, 1.165) is 0 Å². The highest BCUT2D eigenvalue weighted by molar-refractivity contribution is 6.78. The number of rotatable bonds is 9. The molecule has 0 saturated heterocycles. The maximum absolute atomic E-state index is 5.72. The summed E-state index contributed by atoms with van der Waals surface area (Å²) in [5.41, 5.74) is 2.40. The highest BCUT2D eigenvalue weighted by Gasteiger charge is 2.25. The van der Waals surface area contributed by atoms with Crippen molar-refractivity contribution in [2.75, 3.05) is 7.11 Å². The normalized spacial score (nSPS) is 12.5. The van der Waals surface area contributed by atoms with Crippen LogP contribution in [0.3, 0.4) is 0 Å². The molecule has 90 valence electrons. The topological polar surface area (TPSA) is 9.23 Å². The van der Waals surface area contributed by atoms with Crippen molar-refractivity contribution < 1.29 is 4.43 Å². The Morgan fingerprint density at radius 3 is 2.13 bits per heavy atom. The Labute approximate surface area is 97.0 Å². The molecule has 15 heavy (non-hydrogen) atoms. The van der Waals surface area contributed by atoms with Gasteiger partial charge in [0.1, 0.15) is 0 Å². The van der Waals surface area contributed by atoms with Gasteiger partial charge in [0, 0.05) is 7.11 Å². The molecule has 0 aromatic carbocycles. The molecule has 0 radical (unpaired) electrons. The fourth-order valence-corrected chi connectivity index (χ4v) is 4.11. The molecule has 0 unspecified atom stereocenters. The van der Waals surface area contributed by atoms with Gasteiger partial charge in [-0.2, -0.15) is 0 Å². The van der Waals surface area contributed by atoms with Crippen LogP contribution < -0.4 is 0 Å². The van der Waals surface area contributed by atoms with Crippen LogP contribution in [0.15, 0.2) is 11.8 Å². The molecule has 0 aromatic heterocycles. The number of hydrogen-bond donors (Lipinski definition) is 0. The SMILES string of the molecule is CCCCCCC=C[Si](CC)(CC)OC. The molecule has 0 aliphatic carbocycles. The zero-order valence-electron chi connectivity index (χ0n) is 11.0. The molecule has 0 heterocycles. The minimum Gasteiger partial charge on any atom is -0.416 e. The van der Waals surface area contributed by atoms with Crippen molar-refractivity contribution >= 4 is 8.32 Å². The minimum atomic E-state index is -1.47. The minimum absolute atomic E-state index is 1.20. The van der Waals surface area contributed by atoms with Crippen LogP contribution in [-0.2, 0) is 4.43 Å². The predicted molar refractivity (Wildman–Crippen MR) is 71.6 cm³/mol. The lowest BCUT2D eigenvalue weighted by Crippen LogP contribution is -2.32. The second-order valence-electron chi connectivity index (χ2n) is 4.23. The van der Waals surface area contributed by atoms with Crippen LogP contribution in [-0.4, -0.2) is 15.4 Å². The van der Waals surface area contributed by atoms with E-state index in [-0.39, 0.29) is 0 Å². The average Bonchev–Trinajstić information content (AvgIpc) is 2.29. The second-order valence-corrected chi connectivity index (χ2v) is 8.51. The van der Waals surface area contributed by atoms with Crippen molar-refractivity contribution in [3.05, 3.63) is 11.8 Å². The van der Waals surface area contributed by atoms with Gasteiger partial charge in [-0.3, -0.25) is 0 Å². The summed E-state index contributed by atoms with van der Waals surface area (Å²) in [7, 11) is 0.409. The first kappa shape index (κ1) is 14.9. The Bertz CT molecular complexity index is 154. The van der Waals surface area contributed by atoms with E-state index < -0.39 is 8.32 Å². The standard InChI is InChI=1S/C13H28OSi/c1-5-8-9-10-11-12-13-15(6-2,7-3)14-4/h12-13H,5-11H2,1-4H3. The molecule has 0 saturated carbocycles. The number of hydrogen-bond acceptors (Lipinski definition) is 1. The molecule has 0 aromatic rings. The third-order valence-electron chi connectivity index (χ3n) is 3.25. The van der Waals surface area contributed by atoms with Crippen molar-refractivity contribution in [3.8, 4) is 0 Å². The van der Waals surface area contributed by atoms with Crippen LogP contribution in [0.4, 0.5) is 0 Å². The van der Waals surface area contributed by atoms with Gasteiger partial charge in [0.15, 0.2) is 0 Å². The predicted octanol–water partition coefficient (Wildman–Crippen LogP) is 4.68. The van der Waals surface area contributed by atoms with Gasteiger partial charge in [-0.25, -0.2) is 0 Å². The van der Waals surface area contributed by atoms with E-state index in [9.17, 15) is 0 Å². The molecule has 0 fully saturated rings. The van der Waals surface area contributed by atoms with Gasteiger partial charge in [0.05, 0.1) is 0 Å². The van der Waals surface area contributed by atoms with Crippen molar-refractivity contribution in [3.63, 3.8) is 0 Å². The Kier molecular flexibility index (Phi) is 9.11. The first-order valence-corrected chi connectivity index (χ1v) is 8.87. The fraction of sp³-hybridized carbons (Fsp3) is 0.846. The largest absolute Gasteiger partial charge is 0.416 e. The molecule has 0 atom stereocenters. The van der Waals surface area contributed by atoms with Gasteiger partial charge in [-0.05, 0) is 24.9 Å². The lowest BCUT2D eigenvalue weighted by atomic mass is 10.2. The molecule has 0 aliphatic heterocycles. The van der Waals surface area contributed by atoms with Gasteiger partial charge in [0.2, 0.25) is 8.32 Å². The van der Waals surface area contributed by atoms with E-state index >= 15 is 0 Å². The Hall–Kier alpha value is -0.0831. The van der Waals surface area contributed by atoms with Crippen LogP contribution in [0.2, 0.25) is 12.1 Å². The van der Waals surface area contributed by atoms with Gasteiger partial charge >= 0.3 is 0 Å². The fourth-order valence-electron chi connectivity index (χ4n) is 1.83. The maximum Gasteiger partial charge on any atom is 0.215 e. The summed E-state index contributed by atoms with van der Waals surface area (Å²) in [4.78, 5) is 0. The van der Waals surface area contributed by atoms with Crippen molar-refractivity contribution in [2.45, 2.75) is 65.0 Å². The molecule has 1 nitrogen and oxygen atoms in total. The van der Waals surface area contributed by atoms with Crippen molar-refractivity contribution in [2.24, 2.45) is 0 Å². The molecule has 0 rings (SSSR count). The summed E-state index contributed by atoms with van der Waals surface area (Å²) in [5, 5.41) is 0. The van der Waals surface area contributed by atoms with Crippen LogP contribution in [0, 0.1) is 0 Å². The molecule has 0 amide bonds. The highest BCUT2D eigenvalue weighted by atomic mass is 28.4. The zero-order chi connectivity index (χ0) is 11.6. The van der Waals surface area contributed by atoms with Gasteiger partial charge in [0.25, 0.3) is 0 Å². The van der Waals surface area contributed by atoms with Gasteiger partial charge in [-0.15, -0.1) is 0 Å². The molecule has 2 heteroatoms. The molecule has 0 aliphatic rings. The summed E-state index contributed by atoms with van der Waals surface area (Å²) >= 11 is 0. The van der Waals surface area contributed by atoms with Crippen molar-refractivity contribution in [1.82, 2.24) is 0 Å². The Morgan fingerprint density at radius 2 is 1.67 bits per heavy atom. The monoisotopic (exact) mass is 228 g/mol. The molecule has 0 bridgehead atoms. The summed E-state index contributed by atoms with van der Waals surface area (Å²) in [6.45, 7) is 6.76. The highest BCUT2D eigenvalue weighted by Crippen LogP contribution is 2.18.